The second-order valence-electron chi connectivity index (χ2n) is 5.53. The number of hydrogen-bond donors (Lipinski definition) is 1. The first-order valence-corrected chi connectivity index (χ1v) is 6.47. The van der Waals surface area contributed by atoms with Crippen molar-refractivity contribution in [3.8, 4) is 0 Å². The molecular formula is C15H20N2. The smallest absolute Gasteiger partial charge is 0.0462 e. The molecule has 2 nitrogen and oxygen atoms in total. The quantitative estimate of drug-likeness (QED) is 0.793. The van der Waals surface area contributed by atoms with Gasteiger partial charge < -0.3 is 9.88 Å². The Balaban J connectivity index is 2.15. The number of likely N-dealkylation sites (N-methyl/N-ethyl adjacent to an activating group) is 1. The van der Waals surface area contributed by atoms with Crippen LogP contribution in [0, 0.1) is 0 Å². The van der Waals surface area contributed by atoms with Gasteiger partial charge in [0.1, 0.15) is 0 Å². The zero-order chi connectivity index (χ0) is 12.0. The first-order chi connectivity index (χ1) is 8.15. The molecule has 0 saturated heterocycles. The van der Waals surface area contributed by atoms with E-state index in [2.05, 4.69) is 49.0 Å². The standard InChI is InChI=1S/C15H20N2/c1-10(2)11-4-5-12-13-9-17(3)7-6-14(13)16-15(12)8-11/h4-5,8,10,16H,6-7,9H2,1-3H3. The van der Waals surface area contributed by atoms with Gasteiger partial charge in [0.15, 0.2) is 0 Å². The summed E-state index contributed by atoms with van der Waals surface area (Å²) >= 11 is 0. The first kappa shape index (κ1) is 10.8. The van der Waals surface area contributed by atoms with Gasteiger partial charge >= 0.3 is 0 Å². The summed E-state index contributed by atoms with van der Waals surface area (Å²) in [5, 5.41) is 1.41. The van der Waals surface area contributed by atoms with Crippen molar-refractivity contribution in [2.24, 2.45) is 0 Å². The van der Waals surface area contributed by atoms with Crippen molar-refractivity contribution < 1.29 is 0 Å². The van der Waals surface area contributed by atoms with E-state index < -0.39 is 0 Å². The number of benzene rings is 1. The van der Waals surface area contributed by atoms with E-state index in [4.69, 9.17) is 0 Å². The molecule has 2 heterocycles. The number of hydrogen-bond acceptors (Lipinski definition) is 1. The lowest BCUT2D eigenvalue weighted by molar-refractivity contribution is 0.313. The third-order valence-corrected chi connectivity index (χ3v) is 3.86. The van der Waals surface area contributed by atoms with Crippen molar-refractivity contribution in [3.05, 3.63) is 35.0 Å². The van der Waals surface area contributed by atoms with Crippen LogP contribution in [0.25, 0.3) is 10.9 Å². The average molecular weight is 228 g/mol. The zero-order valence-electron chi connectivity index (χ0n) is 10.9. The van der Waals surface area contributed by atoms with E-state index in [1.54, 1.807) is 0 Å². The highest BCUT2D eigenvalue weighted by Crippen LogP contribution is 2.29. The maximum atomic E-state index is 3.61. The Kier molecular flexibility index (Phi) is 2.48. The fourth-order valence-corrected chi connectivity index (χ4v) is 2.73. The predicted octanol–water partition coefficient (Wildman–Crippen LogP) is 3.28. The molecular weight excluding hydrogens is 208 g/mol. The molecule has 1 aromatic heterocycles. The van der Waals surface area contributed by atoms with Gasteiger partial charge in [-0.3, -0.25) is 0 Å². The second kappa shape index (κ2) is 3.88. The molecule has 3 rings (SSSR count). The maximum absolute atomic E-state index is 3.61. The minimum Gasteiger partial charge on any atom is -0.358 e. The largest absolute Gasteiger partial charge is 0.358 e. The number of aromatic nitrogens is 1. The van der Waals surface area contributed by atoms with Crippen LogP contribution in [0.3, 0.4) is 0 Å². The first-order valence-electron chi connectivity index (χ1n) is 6.47. The van der Waals surface area contributed by atoms with Gasteiger partial charge in [0, 0.05) is 36.1 Å². The Morgan fingerprint density at radius 2 is 2.12 bits per heavy atom. The molecule has 2 aromatic rings. The summed E-state index contributed by atoms with van der Waals surface area (Å²) in [6, 6.07) is 6.88. The van der Waals surface area contributed by atoms with Crippen molar-refractivity contribution in [2.45, 2.75) is 32.7 Å². The van der Waals surface area contributed by atoms with Gasteiger partial charge in [-0.15, -0.1) is 0 Å². The highest BCUT2D eigenvalue weighted by molar-refractivity contribution is 5.85. The maximum Gasteiger partial charge on any atom is 0.0462 e. The van der Waals surface area contributed by atoms with Crippen LogP contribution >= 0.6 is 0 Å². The van der Waals surface area contributed by atoms with Crippen LogP contribution in [0.2, 0.25) is 0 Å². The Morgan fingerprint density at radius 3 is 2.88 bits per heavy atom. The summed E-state index contributed by atoms with van der Waals surface area (Å²) in [5.41, 5.74) is 5.68. The average Bonchev–Trinajstić information content (AvgIpc) is 2.66. The van der Waals surface area contributed by atoms with Crippen LogP contribution in [0.15, 0.2) is 18.2 Å². The number of H-pyrrole nitrogens is 1. The summed E-state index contributed by atoms with van der Waals surface area (Å²) in [7, 11) is 2.20. The summed E-state index contributed by atoms with van der Waals surface area (Å²) in [6.45, 7) is 6.74. The number of nitrogens with one attached hydrogen (secondary N) is 1. The third-order valence-electron chi connectivity index (χ3n) is 3.86. The van der Waals surface area contributed by atoms with E-state index in [0.29, 0.717) is 5.92 Å². The summed E-state index contributed by atoms with van der Waals surface area (Å²) in [4.78, 5) is 6.00. The summed E-state index contributed by atoms with van der Waals surface area (Å²) in [6.07, 6.45) is 1.15. The van der Waals surface area contributed by atoms with Gasteiger partial charge in [0.2, 0.25) is 0 Å². The molecule has 1 aromatic carbocycles. The molecule has 1 N–H and O–H groups in total. The second-order valence-corrected chi connectivity index (χ2v) is 5.53. The Morgan fingerprint density at radius 1 is 1.29 bits per heavy atom. The highest BCUT2D eigenvalue weighted by Gasteiger charge is 2.18. The summed E-state index contributed by atoms with van der Waals surface area (Å²) < 4.78 is 0. The van der Waals surface area contributed by atoms with E-state index in [9.17, 15) is 0 Å². The van der Waals surface area contributed by atoms with E-state index in [-0.39, 0.29) is 0 Å². The number of rotatable bonds is 1. The van der Waals surface area contributed by atoms with E-state index in [0.717, 1.165) is 19.5 Å². The molecule has 1 aliphatic heterocycles. The fraction of sp³-hybridized carbons (Fsp3) is 0.467. The number of nitrogens with zero attached hydrogens (tertiary/aromatic N) is 1. The van der Waals surface area contributed by atoms with Gasteiger partial charge in [-0.2, -0.15) is 0 Å². The Labute approximate surface area is 103 Å². The number of aromatic amines is 1. The van der Waals surface area contributed by atoms with Crippen LogP contribution in [-0.4, -0.2) is 23.5 Å². The lowest BCUT2D eigenvalue weighted by Crippen LogP contribution is -2.25. The highest BCUT2D eigenvalue weighted by atomic mass is 15.1. The van der Waals surface area contributed by atoms with Gasteiger partial charge in [-0.1, -0.05) is 26.0 Å². The minimum absolute atomic E-state index is 0.599. The Bertz CT molecular complexity index is 551. The third kappa shape index (κ3) is 1.77. The predicted molar refractivity (Wildman–Crippen MR) is 72.4 cm³/mol. The van der Waals surface area contributed by atoms with Crippen LogP contribution in [0.1, 0.15) is 36.6 Å². The monoisotopic (exact) mass is 228 g/mol. The SMILES string of the molecule is CC(C)c1ccc2c3c([nH]c2c1)CCN(C)C3. The molecule has 0 aliphatic carbocycles. The summed E-state index contributed by atoms with van der Waals surface area (Å²) in [5.74, 6) is 0.599. The van der Waals surface area contributed by atoms with Crippen molar-refractivity contribution in [3.63, 3.8) is 0 Å². The molecule has 0 fully saturated rings. The molecule has 0 radical (unpaired) electrons. The molecule has 0 spiro atoms. The molecule has 17 heavy (non-hydrogen) atoms. The van der Waals surface area contributed by atoms with Gasteiger partial charge in [0.25, 0.3) is 0 Å². The van der Waals surface area contributed by atoms with Gasteiger partial charge in [0.05, 0.1) is 0 Å². The molecule has 0 bridgehead atoms. The topological polar surface area (TPSA) is 19.0 Å². The van der Waals surface area contributed by atoms with Crippen molar-refractivity contribution >= 4 is 10.9 Å². The van der Waals surface area contributed by atoms with Crippen LogP contribution in [-0.2, 0) is 13.0 Å². The molecule has 0 atom stereocenters. The molecule has 0 saturated carbocycles. The van der Waals surface area contributed by atoms with E-state index >= 15 is 0 Å². The van der Waals surface area contributed by atoms with Crippen LogP contribution < -0.4 is 0 Å². The minimum atomic E-state index is 0.599. The number of fused-ring (bicyclic) bond motifs is 3. The zero-order valence-corrected chi connectivity index (χ0v) is 10.9. The van der Waals surface area contributed by atoms with E-state index in [1.807, 2.05) is 0 Å². The lowest BCUT2D eigenvalue weighted by Gasteiger charge is -2.22. The van der Waals surface area contributed by atoms with Crippen molar-refractivity contribution in [2.75, 3.05) is 13.6 Å². The Hall–Kier alpha value is -1.28. The molecule has 1 aliphatic rings. The van der Waals surface area contributed by atoms with E-state index in [1.165, 1.54) is 27.7 Å². The van der Waals surface area contributed by atoms with Crippen molar-refractivity contribution in [1.82, 2.24) is 9.88 Å². The van der Waals surface area contributed by atoms with Crippen LogP contribution in [0.5, 0.6) is 0 Å². The van der Waals surface area contributed by atoms with Crippen molar-refractivity contribution in [1.29, 1.82) is 0 Å². The molecule has 90 valence electrons. The normalized spacial score (nSPS) is 16.7. The molecule has 0 amide bonds. The van der Waals surface area contributed by atoms with Gasteiger partial charge in [-0.05, 0) is 30.2 Å². The lowest BCUT2D eigenvalue weighted by atomic mass is 10.00. The van der Waals surface area contributed by atoms with Gasteiger partial charge in [-0.25, -0.2) is 0 Å². The molecule has 0 unspecified atom stereocenters. The fourth-order valence-electron chi connectivity index (χ4n) is 2.73. The molecule has 2 heteroatoms. The van der Waals surface area contributed by atoms with Crippen LogP contribution in [0.4, 0.5) is 0 Å².